The van der Waals surface area contributed by atoms with E-state index in [1.807, 2.05) is 30.3 Å². The van der Waals surface area contributed by atoms with E-state index in [4.69, 9.17) is 17.0 Å². The quantitative estimate of drug-likeness (QED) is 0.603. The van der Waals surface area contributed by atoms with Crippen LogP contribution in [-0.4, -0.2) is 23.7 Å². The highest BCUT2D eigenvalue weighted by Crippen LogP contribution is 2.55. The molecule has 0 unspecified atom stereocenters. The van der Waals surface area contributed by atoms with Crippen molar-refractivity contribution in [2.75, 3.05) is 7.11 Å². The fourth-order valence-corrected chi connectivity index (χ4v) is 7.40. The molecule has 1 amide bonds. The Balaban J connectivity index is 1.36. The van der Waals surface area contributed by atoms with E-state index in [-0.39, 0.29) is 11.4 Å². The molecule has 6 heteroatoms. The van der Waals surface area contributed by atoms with Crippen molar-refractivity contribution in [3.05, 3.63) is 40.4 Å². The highest BCUT2D eigenvalue weighted by Gasteiger charge is 2.51. The topological polar surface area (TPSA) is 50.4 Å². The van der Waals surface area contributed by atoms with Gasteiger partial charge >= 0.3 is 0 Å². The molecule has 4 saturated carbocycles. The lowest BCUT2D eigenvalue weighted by Crippen LogP contribution is -2.61. The number of nitrogens with one attached hydrogen (secondary N) is 2. The molecular formula is C23H25BrN2O2S. The Bertz CT molecular complexity index is 970. The molecule has 2 aromatic carbocycles. The van der Waals surface area contributed by atoms with Gasteiger partial charge in [0.1, 0.15) is 5.75 Å². The van der Waals surface area contributed by atoms with Gasteiger partial charge in [-0.05, 0) is 101 Å². The number of halogens is 1. The van der Waals surface area contributed by atoms with Crippen LogP contribution >= 0.6 is 28.1 Å². The summed E-state index contributed by atoms with van der Waals surface area (Å²) < 4.78 is 6.33. The average molecular weight is 473 g/mol. The standard InChI is InChI=1S/C23H25BrN2O2S/c1-28-20-18(9-16-4-2-3-5-17(16)19(20)24)21(27)25-22(29)26-23-10-13-6-14(11-23)8-15(7-13)12-23/h2-5,9,13-15H,6-8,10-12H2,1H3,(H2,25,26,27,29). The van der Waals surface area contributed by atoms with Crippen molar-refractivity contribution in [3.63, 3.8) is 0 Å². The summed E-state index contributed by atoms with van der Waals surface area (Å²) in [7, 11) is 1.58. The molecule has 4 fully saturated rings. The fraction of sp³-hybridized carbons (Fsp3) is 0.478. The number of carbonyl (C=O) groups excluding carboxylic acids is 1. The van der Waals surface area contributed by atoms with Gasteiger partial charge < -0.3 is 10.1 Å². The second-order valence-electron chi connectivity index (χ2n) is 9.10. The monoisotopic (exact) mass is 472 g/mol. The number of thiocarbonyl (C=S) groups is 1. The minimum absolute atomic E-state index is 0.0766. The Morgan fingerprint density at radius 1 is 1.14 bits per heavy atom. The second-order valence-corrected chi connectivity index (χ2v) is 10.3. The van der Waals surface area contributed by atoms with E-state index in [0.29, 0.717) is 16.4 Å². The van der Waals surface area contributed by atoms with Crippen molar-refractivity contribution < 1.29 is 9.53 Å². The van der Waals surface area contributed by atoms with Gasteiger partial charge in [-0.25, -0.2) is 0 Å². The van der Waals surface area contributed by atoms with Gasteiger partial charge in [-0.3, -0.25) is 10.1 Å². The zero-order valence-corrected chi connectivity index (χ0v) is 18.9. The first kappa shape index (κ1) is 19.3. The van der Waals surface area contributed by atoms with E-state index in [9.17, 15) is 4.79 Å². The normalized spacial score (nSPS) is 29.7. The summed E-state index contributed by atoms with van der Waals surface area (Å²) in [5, 5.41) is 8.90. The van der Waals surface area contributed by atoms with Crippen LogP contribution in [0.3, 0.4) is 0 Å². The maximum atomic E-state index is 13.1. The number of hydrogen-bond donors (Lipinski definition) is 2. The summed E-state index contributed by atoms with van der Waals surface area (Å²) in [5.41, 5.74) is 0.556. The van der Waals surface area contributed by atoms with Gasteiger partial charge in [-0.15, -0.1) is 0 Å². The third-order valence-corrected chi connectivity index (χ3v) is 8.03. The molecule has 152 valence electrons. The van der Waals surface area contributed by atoms with Crippen molar-refractivity contribution in [1.82, 2.24) is 10.6 Å². The predicted molar refractivity (Wildman–Crippen MR) is 122 cm³/mol. The molecule has 0 atom stereocenters. The molecule has 0 aromatic heterocycles. The Morgan fingerprint density at radius 2 is 1.76 bits per heavy atom. The summed E-state index contributed by atoms with van der Waals surface area (Å²) in [6.45, 7) is 0. The zero-order valence-electron chi connectivity index (χ0n) is 16.5. The third-order valence-electron chi connectivity index (χ3n) is 7.03. The van der Waals surface area contributed by atoms with Crippen LogP contribution < -0.4 is 15.4 Å². The smallest absolute Gasteiger partial charge is 0.261 e. The van der Waals surface area contributed by atoms with Crippen molar-refractivity contribution in [1.29, 1.82) is 0 Å². The van der Waals surface area contributed by atoms with Crippen LogP contribution in [0, 0.1) is 17.8 Å². The lowest BCUT2D eigenvalue weighted by atomic mass is 9.53. The van der Waals surface area contributed by atoms with Crippen LogP contribution in [0.25, 0.3) is 10.8 Å². The van der Waals surface area contributed by atoms with E-state index in [0.717, 1.165) is 33.0 Å². The van der Waals surface area contributed by atoms with Gasteiger partial charge in [0.05, 0.1) is 17.1 Å². The van der Waals surface area contributed by atoms with E-state index in [1.165, 1.54) is 38.5 Å². The summed E-state index contributed by atoms with van der Waals surface area (Å²) in [5.74, 6) is 2.76. The van der Waals surface area contributed by atoms with Crippen LogP contribution in [0.4, 0.5) is 0 Å². The number of rotatable bonds is 3. The molecule has 0 spiro atoms. The van der Waals surface area contributed by atoms with Gasteiger partial charge in [0, 0.05) is 5.54 Å². The average Bonchev–Trinajstić information content (AvgIpc) is 2.66. The molecule has 4 nitrogen and oxygen atoms in total. The first-order valence-corrected chi connectivity index (χ1v) is 11.6. The van der Waals surface area contributed by atoms with Crippen LogP contribution in [-0.2, 0) is 0 Å². The Labute approximate surface area is 184 Å². The summed E-state index contributed by atoms with van der Waals surface area (Å²) in [6, 6.07) is 9.78. The number of fused-ring (bicyclic) bond motifs is 1. The molecule has 0 saturated heterocycles. The lowest BCUT2D eigenvalue weighted by Gasteiger charge is -2.57. The molecule has 4 aliphatic rings. The predicted octanol–water partition coefficient (Wildman–Crippen LogP) is 5.18. The first-order valence-electron chi connectivity index (χ1n) is 10.3. The van der Waals surface area contributed by atoms with Gasteiger partial charge in [-0.1, -0.05) is 24.3 Å². The van der Waals surface area contributed by atoms with Crippen LogP contribution in [0.5, 0.6) is 5.75 Å². The van der Waals surface area contributed by atoms with E-state index >= 15 is 0 Å². The molecule has 2 aromatic rings. The number of carbonyl (C=O) groups is 1. The van der Waals surface area contributed by atoms with Crippen LogP contribution in [0.1, 0.15) is 48.9 Å². The van der Waals surface area contributed by atoms with E-state index < -0.39 is 0 Å². The molecule has 2 N–H and O–H groups in total. The zero-order chi connectivity index (χ0) is 20.2. The summed E-state index contributed by atoms with van der Waals surface area (Å²) in [4.78, 5) is 13.1. The van der Waals surface area contributed by atoms with Gasteiger partial charge in [-0.2, -0.15) is 0 Å². The van der Waals surface area contributed by atoms with Gasteiger partial charge in [0.2, 0.25) is 0 Å². The SMILES string of the molecule is COc1c(C(=O)NC(=S)NC23CC4CC(CC(C4)C2)C3)cc2ccccc2c1Br. The number of hydrogen-bond acceptors (Lipinski definition) is 3. The number of amides is 1. The fourth-order valence-electron chi connectivity index (χ4n) is 6.36. The van der Waals surface area contributed by atoms with Crippen molar-refractivity contribution in [2.24, 2.45) is 17.8 Å². The number of methoxy groups -OCH3 is 1. The van der Waals surface area contributed by atoms with Crippen LogP contribution in [0.2, 0.25) is 0 Å². The van der Waals surface area contributed by atoms with Crippen molar-refractivity contribution >= 4 is 49.9 Å². The third kappa shape index (κ3) is 3.44. The minimum atomic E-state index is -0.240. The molecule has 6 rings (SSSR count). The largest absolute Gasteiger partial charge is 0.495 e. The molecule has 0 radical (unpaired) electrons. The second kappa shape index (κ2) is 7.24. The van der Waals surface area contributed by atoms with E-state index in [2.05, 4.69) is 26.6 Å². The first-order chi connectivity index (χ1) is 14.0. The molecule has 0 heterocycles. The lowest BCUT2D eigenvalue weighted by molar-refractivity contribution is -0.0101. The van der Waals surface area contributed by atoms with E-state index in [1.54, 1.807) is 7.11 Å². The van der Waals surface area contributed by atoms with Crippen LogP contribution in [0.15, 0.2) is 34.8 Å². The maximum absolute atomic E-state index is 13.1. The molecule has 0 aliphatic heterocycles. The minimum Gasteiger partial charge on any atom is -0.495 e. The van der Waals surface area contributed by atoms with Crippen molar-refractivity contribution in [3.8, 4) is 5.75 Å². The Morgan fingerprint density at radius 3 is 2.38 bits per heavy atom. The summed E-state index contributed by atoms with van der Waals surface area (Å²) >= 11 is 9.18. The number of ether oxygens (including phenoxy) is 1. The molecule has 4 bridgehead atoms. The Kier molecular flexibility index (Phi) is 4.82. The highest BCUT2D eigenvalue weighted by molar-refractivity contribution is 9.10. The van der Waals surface area contributed by atoms with Gasteiger partial charge in [0.25, 0.3) is 5.91 Å². The Hall–Kier alpha value is -1.66. The van der Waals surface area contributed by atoms with Crippen molar-refractivity contribution in [2.45, 2.75) is 44.1 Å². The van der Waals surface area contributed by atoms with Gasteiger partial charge in [0.15, 0.2) is 5.11 Å². The maximum Gasteiger partial charge on any atom is 0.261 e. The molecule has 4 aliphatic carbocycles. The summed E-state index contributed by atoms with van der Waals surface area (Å²) in [6.07, 6.45) is 7.67. The highest BCUT2D eigenvalue weighted by atomic mass is 79.9. The number of benzene rings is 2. The molecule has 29 heavy (non-hydrogen) atoms. The molecular weight excluding hydrogens is 448 g/mol.